The van der Waals surface area contributed by atoms with Gasteiger partial charge in [0, 0.05) is 34.7 Å². The third-order valence-corrected chi connectivity index (χ3v) is 5.47. The summed E-state index contributed by atoms with van der Waals surface area (Å²) in [6, 6.07) is 13.9. The molecule has 1 aromatic heterocycles. The van der Waals surface area contributed by atoms with Gasteiger partial charge in [0.25, 0.3) is 0 Å². The van der Waals surface area contributed by atoms with Crippen molar-refractivity contribution in [3.8, 4) is 0 Å². The van der Waals surface area contributed by atoms with E-state index in [0.717, 1.165) is 36.6 Å². The largest absolute Gasteiger partial charge is 0.357 e. The van der Waals surface area contributed by atoms with Crippen LogP contribution >= 0.6 is 11.8 Å². The number of aromatic nitrogens is 1. The van der Waals surface area contributed by atoms with Crippen molar-refractivity contribution in [1.29, 1.82) is 0 Å². The van der Waals surface area contributed by atoms with Gasteiger partial charge < -0.3 is 15.5 Å². The van der Waals surface area contributed by atoms with Gasteiger partial charge in [-0.05, 0) is 61.6 Å². The number of benzene rings is 2. The van der Waals surface area contributed by atoms with Crippen molar-refractivity contribution in [2.75, 3.05) is 34.9 Å². The van der Waals surface area contributed by atoms with Crippen LogP contribution in [-0.4, -0.2) is 30.4 Å². The maximum absolute atomic E-state index is 14.6. The standard InChI is InChI=1S/C21H21FN4OS/c1-28-17-6-4-5-15(12-17)23-21(27)24-16-11-14-7-8-19(26-9-2-3-10-26)25-20(14)18(22)13-16/h4-8,11-13H,2-3,9-10H2,1H3,(H2,23,24,27). The lowest BCUT2D eigenvalue weighted by Gasteiger charge is -2.17. The Kier molecular flexibility index (Phi) is 5.34. The molecule has 28 heavy (non-hydrogen) atoms. The summed E-state index contributed by atoms with van der Waals surface area (Å²) < 4.78 is 14.6. The number of hydrogen-bond donors (Lipinski definition) is 2. The van der Waals surface area contributed by atoms with Crippen LogP contribution in [0.15, 0.2) is 53.4 Å². The van der Waals surface area contributed by atoms with Gasteiger partial charge in [-0.1, -0.05) is 6.07 Å². The van der Waals surface area contributed by atoms with E-state index in [1.165, 1.54) is 6.07 Å². The fourth-order valence-electron chi connectivity index (χ4n) is 3.37. The molecule has 0 unspecified atom stereocenters. The Morgan fingerprint density at radius 1 is 1.07 bits per heavy atom. The maximum Gasteiger partial charge on any atom is 0.323 e. The first kappa shape index (κ1) is 18.6. The number of hydrogen-bond acceptors (Lipinski definition) is 4. The summed E-state index contributed by atoms with van der Waals surface area (Å²) in [4.78, 5) is 20.0. The summed E-state index contributed by atoms with van der Waals surface area (Å²) >= 11 is 1.60. The Morgan fingerprint density at radius 3 is 2.64 bits per heavy atom. The van der Waals surface area contributed by atoms with Gasteiger partial charge in [0.2, 0.25) is 0 Å². The summed E-state index contributed by atoms with van der Waals surface area (Å²) in [5.74, 6) is 0.356. The van der Waals surface area contributed by atoms with E-state index in [1.54, 1.807) is 17.8 Å². The van der Waals surface area contributed by atoms with Gasteiger partial charge in [0.15, 0.2) is 5.82 Å². The second kappa shape index (κ2) is 8.06. The molecular weight excluding hydrogens is 375 g/mol. The first-order chi connectivity index (χ1) is 13.6. The molecule has 7 heteroatoms. The Bertz CT molecular complexity index is 1020. The predicted molar refractivity (Wildman–Crippen MR) is 114 cm³/mol. The zero-order chi connectivity index (χ0) is 19.5. The quantitative estimate of drug-likeness (QED) is 0.585. The molecule has 1 saturated heterocycles. The fraction of sp³-hybridized carbons (Fsp3) is 0.238. The summed E-state index contributed by atoms with van der Waals surface area (Å²) in [7, 11) is 0. The highest BCUT2D eigenvalue weighted by Gasteiger charge is 2.15. The first-order valence-electron chi connectivity index (χ1n) is 9.20. The third-order valence-electron chi connectivity index (χ3n) is 4.75. The molecular formula is C21H21FN4OS. The van der Waals surface area contributed by atoms with Gasteiger partial charge >= 0.3 is 6.03 Å². The van der Waals surface area contributed by atoms with Gasteiger partial charge in [-0.15, -0.1) is 11.8 Å². The van der Waals surface area contributed by atoms with E-state index in [2.05, 4.69) is 20.5 Å². The minimum Gasteiger partial charge on any atom is -0.357 e. The number of pyridine rings is 1. The number of amides is 2. The lowest BCUT2D eigenvalue weighted by molar-refractivity contribution is 0.262. The van der Waals surface area contributed by atoms with Crippen LogP contribution in [0.4, 0.5) is 26.4 Å². The molecule has 4 rings (SSSR count). The van der Waals surface area contributed by atoms with Crippen molar-refractivity contribution in [3.05, 3.63) is 54.3 Å². The van der Waals surface area contributed by atoms with Crippen molar-refractivity contribution in [3.63, 3.8) is 0 Å². The van der Waals surface area contributed by atoms with Crippen molar-refractivity contribution < 1.29 is 9.18 Å². The van der Waals surface area contributed by atoms with Crippen LogP contribution in [0.3, 0.4) is 0 Å². The van der Waals surface area contributed by atoms with Gasteiger partial charge in [0.05, 0.1) is 0 Å². The molecule has 5 nitrogen and oxygen atoms in total. The fourth-order valence-corrected chi connectivity index (χ4v) is 3.83. The molecule has 2 aromatic carbocycles. The third kappa shape index (κ3) is 4.04. The van der Waals surface area contributed by atoms with E-state index in [9.17, 15) is 9.18 Å². The summed E-state index contributed by atoms with van der Waals surface area (Å²) in [6.07, 6.45) is 4.25. The Hall–Kier alpha value is -2.80. The molecule has 0 spiro atoms. The van der Waals surface area contributed by atoms with Crippen molar-refractivity contribution >= 4 is 45.9 Å². The monoisotopic (exact) mass is 396 g/mol. The number of nitrogens with one attached hydrogen (secondary N) is 2. The van der Waals surface area contributed by atoms with E-state index < -0.39 is 11.8 Å². The molecule has 2 N–H and O–H groups in total. The van der Waals surface area contributed by atoms with Crippen LogP contribution in [-0.2, 0) is 0 Å². The first-order valence-corrected chi connectivity index (χ1v) is 10.4. The van der Waals surface area contributed by atoms with Crippen LogP contribution in [0.5, 0.6) is 0 Å². The van der Waals surface area contributed by atoms with Crippen LogP contribution in [0.2, 0.25) is 0 Å². The van der Waals surface area contributed by atoms with Crippen LogP contribution in [0.1, 0.15) is 12.8 Å². The zero-order valence-corrected chi connectivity index (χ0v) is 16.4. The summed E-state index contributed by atoms with van der Waals surface area (Å²) in [6.45, 7) is 1.91. The van der Waals surface area contributed by atoms with Crippen molar-refractivity contribution in [1.82, 2.24) is 4.98 Å². The molecule has 1 aliphatic rings. The second-order valence-corrected chi connectivity index (χ2v) is 7.58. The zero-order valence-electron chi connectivity index (χ0n) is 15.5. The normalized spacial score (nSPS) is 13.7. The summed E-state index contributed by atoms with van der Waals surface area (Å²) in [5.41, 5.74) is 1.39. The molecule has 0 saturated carbocycles. The van der Waals surface area contributed by atoms with Gasteiger partial charge in [-0.2, -0.15) is 0 Å². The number of nitrogens with zero attached hydrogens (tertiary/aromatic N) is 2. The Balaban J connectivity index is 1.52. The molecule has 3 aromatic rings. The average Bonchev–Trinajstić information content (AvgIpc) is 3.22. The number of rotatable bonds is 4. The lowest BCUT2D eigenvalue weighted by atomic mass is 10.2. The smallest absolute Gasteiger partial charge is 0.323 e. The molecule has 1 aliphatic heterocycles. The van der Waals surface area contributed by atoms with Gasteiger partial charge in [-0.25, -0.2) is 14.2 Å². The van der Waals surface area contributed by atoms with Gasteiger partial charge in [-0.3, -0.25) is 0 Å². The average molecular weight is 396 g/mol. The minimum atomic E-state index is -0.446. The number of halogens is 1. The number of urea groups is 1. The van der Waals surface area contributed by atoms with E-state index in [-0.39, 0.29) is 0 Å². The van der Waals surface area contributed by atoms with Crippen molar-refractivity contribution in [2.24, 2.45) is 0 Å². The molecule has 0 bridgehead atoms. The van der Waals surface area contributed by atoms with E-state index in [4.69, 9.17) is 0 Å². The molecule has 0 radical (unpaired) electrons. The van der Waals surface area contributed by atoms with Crippen LogP contribution in [0.25, 0.3) is 10.9 Å². The highest BCUT2D eigenvalue weighted by molar-refractivity contribution is 7.98. The number of carbonyl (C=O) groups excluding carboxylic acids is 1. The molecule has 2 heterocycles. The van der Waals surface area contributed by atoms with Gasteiger partial charge in [0.1, 0.15) is 11.3 Å². The second-order valence-electron chi connectivity index (χ2n) is 6.70. The number of thioether (sulfide) groups is 1. The highest BCUT2D eigenvalue weighted by atomic mass is 32.2. The van der Waals surface area contributed by atoms with Crippen molar-refractivity contribution in [2.45, 2.75) is 17.7 Å². The Morgan fingerprint density at radius 2 is 1.86 bits per heavy atom. The molecule has 1 fully saturated rings. The SMILES string of the molecule is CSc1cccc(NC(=O)Nc2cc(F)c3nc(N4CCCC4)ccc3c2)c1. The molecule has 2 amide bonds. The number of fused-ring (bicyclic) bond motifs is 1. The summed E-state index contributed by atoms with van der Waals surface area (Å²) in [5, 5.41) is 6.12. The number of carbonyl (C=O) groups is 1. The van der Waals surface area contributed by atoms with E-state index in [0.29, 0.717) is 22.3 Å². The van der Waals surface area contributed by atoms with Crippen LogP contribution < -0.4 is 15.5 Å². The van der Waals surface area contributed by atoms with E-state index in [1.807, 2.05) is 42.7 Å². The lowest BCUT2D eigenvalue weighted by Crippen LogP contribution is -2.20. The molecule has 0 atom stereocenters. The van der Waals surface area contributed by atoms with Crippen LogP contribution in [0, 0.1) is 5.82 Å². The molecule has 0 aliphatic carbocycles. The van der Waals surface area contributed by atoms with E-state index >= 15 is 0 Å². The predicted octanol–water partition coefficient (Wildman–Crippen LogP) is 5.34. The maximum atomic E-state index is 14.6. The topological polar surface area (TPSA) is 57.3 Å². The highest BCUT2D eigenvalue weighted by Crippen LogP contribution is 2.26. The molecule has 144 valence electrons. The Labute approximate surface area is 167 Å². The minimum absolute atomic E-state index is 0.322. The number of anilines is 3.